The van der Waals surface area contributed by atoms with Crippen molar-refractivity contribution < 1.29 is 9.59 Å². The highest BCUT2D eigenvalue weighted by molar-refractivity contribution is 8.00. The van der Waals surface area contributed by atoms with Crippen LogP contribution in [0.3, 0.4) is 0 Å². The average Bonchev–Trinajstić information content (AvgIpc) is 2.52. The van der Waals surface area contributed by atoms with Crippen LogP contribution in [0.25, 0.3) is 0 Å². The van der Waals surface area contributed by atoms with E-state index in [2.05, 4.69) is 5.32 Å². The summed E-state index contributed by atoms with van der Waals surface area (Å²) in [6.45, 7) is 0. The molecule has 0 aromatic heterocycles. The van der Waals surface area contributed by atoms with Crippen molar-refractivity contribution >= 4 is 35.2 Å². The molecule has 0 bridgehead atoms. The molecule has 0 radical (unpaired) electrons. The highest BCUT2D eigenvalue weighted by atomic mass is 35.5. The van der Waals surface area contributed by atoms with Crippen LogP contribution >= 0.6 is 23.4 Å². The van der Waals surface area contributed by atoms with Gasteiger partial charge in [0.1, 0.15) is 17.5 Å². The van der Waals surface area contributed by atoms with E-state index in [0.29, 0.717) is 10.8 Å². The highest BCUT2D eigenvalue weighted by Gasteiger charge is 2.49. The molecule has 7 heteroatoms. The average molecular weight is 324 g/mol. The van der Waals surface area contributed by atoms with E-state index in [0.717, 1.165) is 5.56 Å². The lowest BCUT2D eigenvalue weighted by atomic mass is 10.0. The van der Waals surface area contributed by atoms with Crippen molar-refractivity contribution in [3.05, 3.63) is 47.1 Å². The Morgan fingerprint density at radius 3 is 2.86 bits per heavy atom. The fraction of sp³-hybridized carbons (Fsp3) is 0.286. The second kappa shape index (κ2) is 5.71. The number of nitrogens with two attached hydrogens (primary N) is 1. The van der Waals surface area contributed by atoms with Gasteiger partial charge in [0.25, 0.3) is 5.91 Å². The monoisotopic (exact) mass is 323 g/mol. The van der Waals surface area contributed by atoms with Gasteiger partial charge in [-0.2, -0.15) is 0 Å². The number of nitrogens with zero attached hydrogens (tertiary/aromatic N) is 1. The van der Waals surface area contributed by atoms with E-state index in [-0.39, 0.29) is 17.2 Å². The Morgan fingerprint density at radius 1 is 1.43 bits per heavy atom. The Bertz CT molecular complexity index is 607. The van der Waals surface area contributed by atoms with Gasteiger partial charge in [-0.25, -0.2) is 0 Å². The third-order valence-corrected chi connectivity index (χ3v) is 5.20. The van der Waals surface area contributed by atoms with E-state index in [4.69, 9.17) is 17.3 Å². The number of hydrogen-bond acceptors (Lipinski definition) is 4. The van der Waals surface area contributed by atoms with Crippen LogP contribution < -0.4 is 11.1 Å². The normalized spacial score (nSPS) is 25.5. The van der Waals surface area contributed by atoms with Crippen LogP contribution in [0.15, 0.2) is 41.6 Å². The van der Waals surface area contributed by atoms with Crippen LogP contribution in [-0.4, -0.2) is 33.9 Å². The molecule has 1 saturated heterocycles. The number of halogens is 1. The van der Waals surface area contributed by atoms with Crippen LogP contribution in [0.2, 0.25) is 0 Å². The molecular formula is C14H14ClN3O2S. The Morgan fingerprint density at radius 2 is 2.14 bits per heavy atom. The molecule has 3 atom stereocenters. The van der Waals surface area contributed by atoms with Crippen LogP contribution in [0, 0.1) is 0 Å². The topological polar surface area (TPSA) is 75.4 Å². The number of rotatable bonds is 3. The number of β-lactam (4-membered cyclic amide) rings is 1. The largest absolute Gasteiger partial charge is 0.340 e. The van der Waals surface area contributed by atoms with Gasteiger partial charge in [-0.3, -0.25) is 9.59 Å². The molecule has 1 aromatic rings. The summed E-state index contributed by atoms with van der Waals surface area (Å²) >= 11 is 7.43. The standard InChI is InChI=1S/C14H14ClN3O2S/c15-9-6-18-13(20)11(14(18)21-7-9)17-12(19)10(16)8-4-2-1-3-5-8/h1-6,10-11,14H,7,16H2,(H,17,19)/t10-,11+,14-/m0/s1. The molecule has 0 unspecified atom stereocenters. The van der Waals surface area contributed by atoms with Gasteiger partial charge < -0.3 is 16.0 Å². The number of hydrogen-bond donors (Lipinski definition) is 2. The Balaban J connectivity index is 1.65. The quantitative estimate of drug-likeness (QED) is 0.819. The molecule has 21 heavy (non-hydrogen) atoms. The summed E-state index contributed by atoms with van der Waals surface area (Å²) in [5.74, 6) is 0.145. The second-order valence-electron chi connectivity index (χ2n) is 4.90. The Kier molecular flexibility index (Phi) is 3.93. The summed E-state index contributed by atoms with van der Waals surface area (Å²) in [4.78, 5) is 25.7. The van der Waals surface area contributed by atoms with Gasteiger partial charge >= 0.3 is 0 Å². The molecule has 2 aliphatic rings. The molecule has 3 rings (SSSR count). The predicted octanol–water partition coefficient (Wildman–Crippen LogP) is 1.17. The summed E-state index contributed by atoms with van der Waals surface area (Å²) in [7, 11) is 0. The first-order valence-corrected chi connectivity index (χ1v) is 7.91. The number of carbonyl (C=O) groups is 2. The minimum Gasteiger partial charge on any atom is -0.340 e. The molecule has 0 saturated carbocycles. The van der Waals surface area contributed by atoms with Crippen molar-refractivity contribution in [2.24, 2.45) is 5.73 Å². The fourth-order valence-corrected chi connectivity index (χ4v) is 3.74. The van der Waals surface area contributed by atoms with E-state index in [1.165, 1.54) is 11.8 Å². The summed E-state index contributed by atoms with van der Waals surface area (Å²) in [6, 6.07) is 7.77. The maximum Gasteiger partial charge on any atom is 0.253 e. The molecule has 5 nitrogen and oxygen atoms in total. The number of amides is 2. The van der Waals surface area contributed by atoms with Gasteiger partial charge in [-0.1, -0.05) is 41.9 Å². The van der Waals surface area contributed by atoms with Crippen LogP contribution in [0.5, 0.6) is 0 Å². The first kappa shape index (κ1) is 14.4. The lowest BCUT2D eigenvalue weighted by Gasteiger charge is -2.47. The lowest BCUT2D eigenvalue weighted by molar-refractivity contribution is -0.145. The summed E-state index contributed by atoms with van der Waals surface area (Å²) in [5, 5.41) is 3.27. The molecule has 0 spiro atoms. The second-order valence-corrected chi connectivity index (χ2v) is 6.49. The van der Waals surface area contributed by atoms with Gasteiger partial charge in [0, 0.05) is 17.0 Å². The zero-order valence-corrected chi connectivity index (χ0v) is 12.6. The maximum absolute atomic E-state index is 12.2. The summed E-state index contributed by atoms with van der Waals surface area (Å²) in [6.07, 6.45) is 1.63. The molecule has 110 valence electrons. The smallest absolute Gasteiger partial charge is 0.253 e. The number of benzene rings is 1. The van der Waals surface area contributed by atoms with Crippen LogP contribution in [-0.2, 0) is 9.59 Å². The Hall–Kier alpha value is -1.50. The molecule has 1 aromatic carbocycles. The minimum absolute atomic E-state index is 0.0908. The van der Waals surface area contributed by atoms with Crippen LogP contribution in [0.4, 0.5) is 0 Å². The molecule has 1 fully saturated rings. The van der Waals surface area contributed by atoms with Gasteiger partial charge in [-0.05, 0) is 5.56 Å². The SMILES string of the molecule is N[C@H](C(=O)N[C@@H]1C(=O)N2C=C(Cl)CS[C@@H]12)c1ccccc1. The fourth-order valence-electron chi connectivity index (χ4n) is 2.34. The van der Waals surface area contributed by atoms with Crippen molar-refractivity contribution in [3.8, 4) is 0 Å². The molecule has 2 aliphatic heterocycles. The van der Waals surface area contributed by atoms with E-state index in [1.807, 2.05) is 18.2 Å². The predicted molar refractivity (Wildman–Crippen MR) is 82.3 cm³/mol. The summed E-state index contributed by atoms with van der Waals surface area (Å²) in [5.41, 5.74) is 6.64. The lowest BCUT2D eigenvalue weighted by Crippen LogP contribution is -2.68. The number of nitrogens with one attached hydrogen (secondary N) is 1. The molecule has 2 amide bonds. The van der Waals surface area contributed by atoms with Crippen molar-refractivity contribution in [1.29, 1.82) is 0 Å². The van der Waals surface area contributed by atoms with E-state index < -0.39 is 12.1 Å². The van der Waals surface area contributed by atoms with Gasteiger partial charge in [0.15, 0.2) is 0 Å². The minimum atomic E-state index is -0.777. The zero-order chi connectivity index (χ0) is 15.0. The Labute approximate surface area is 131 Å². The van der Waals surface area contributed by atoms with Crippen molar-refractivity contribution in [3.63, 3.8) is 0 Å². The van der Waals surface area contributed by atoms with Gasteiger partial charge in [0.05, 0.1) is 0 Å². The van der Waals surface area contributed by atoms with Crippen molar-refractivity contribution in [1.82, 2.24) is 10.2 Å². The molecule has 2 heterocycles. The number of fused-ring (bicyclic) bond motifs is 1. The zero-order valence-electron chi connectivity index (χ0n) is 11.0. The van der Waals surface area contributed by atoms with Gasteiger partial charge in [0.2, 0.25) is 5.91 Å². The van der Waals surface area contributed by atoms with Crippen LogP contribution in [0.1, 0.15) is 11.6 Å². The third-order valence-electron chi connectivity index (χ3n) is 3.49. The van der Waals surface area contributed by atoms with E-state index in [1.54, 1.807) is 23.2 Å². The molecular weight excluding hydrogens is 310 g/mol. The van der Waals surface area contributed by atoms with Gasteiger partial charge in [-0.15, -0.1) is 11.8 Å². The maximum atomic E-state index is 12.2. The van der Waals surface area contributed by atoms with Crippen molar-refractivity contribution in [2.45, 2.75) is 17.5 Å². The molecule has 3 N–H and O–H groups in total. The third kappa shape index (κ3) is 2.66. The number of carbonyl (C=O) groups excluding carboxylic acids is 2. The summed E-state index contributed by atoms with van der Waals surface area (Å²) < 4.78 is 0. The van der Waals surface area contributed by atoms with Crippen molar-refractivity contribution in [2.75, 3.05) is 5.75 Å². The highest BCUT2D eigenvalue weighted by Crippen LogP contribution is 2.37. The number of thioether (sulfide) groups is 1. The molecule has 0 aliphatic carbocycles. The first-order valence-electron chi connectivity index (χ1n) is 6.49. The van der Waals surface area contributed by atoms with E-state index in [9.17, 15) is 9.59 Å². The first-order chi connectivity index (χ1) is 10.1. The van der Waals surface area contributed by atoms with E-state index >= 15 is 0 Å².